The lowest BCUT2D eigenvalue weighted by molar-refractivity contribution is -0.122. The van der Waals surface area contributed by atoms with Gasteiger partial charge in [-0.25, -0.2) is 9.59 Å². The predicted octanol–water partition coefficient (Wildman–Crippen LogP) is 5.26. The summed E-state index contributed by atoms with van der Waals surface area (Å²) in [6, 6.07) is 18.8. The van der Waals surface area contributed by atoms with E-state index in [0.29, 0.717) is 19.4 Å². The quantitative estimate of drug-likeness (QED) is 0.359. The minimum Gasteiger partial charge on any atom is -0.449 e. The number of Topliss-reactive ketones (excluding diaryl/α,β-unsaturated/α-hetero) is 1. The number of rotatable bonds is 12. The minimum atomic E-state index is -0.728. The smallest absolute Gasteiger partial charge is 0.409 e. The largest absolute Gasteiger partial charge is 0.449 e. The van der Waals surface area contributed by atoms with Crippen LogP contribution in [0.25, 0.3) is 0 Å². The molecule has 0 aliphatic carbocycles. The van der Waals surface area contributed by atoms with Crippen LogP contribution in [0.5, 0.6) is 0 Å². The van der Waals surface area contributed by atoms with Crippen molar-refractivity contribution in [2.75, 3.05) is 19.7 Å². The zero-order valence-electron chi connectivity index (χ0n) is 23.9. The monoisotopic (exact) mass is 551 g/mol. The zero-order chi connectivity index (χ0) is 28.7. The van der Waals surface area contributed by atoms with Gasteiger partial charge in [-0.1, -0.05) is 94.3 Å². The van der Waals surface area contributed by atoms with Gasteiger partial charge in [-0.05, 0) is 24.5 Å². The molecule has 0 radical (unpaired) electrons. The maximum absolute atomic E-state index is 13.3. The molecule has 2 aromatic carbocycles. The summed E-state index contributed by atoms with van der Waals surface area (Å²) in [4.78, 5) is 46.2. The molecule has 1 N–H and O–H groups in total. The van der Waals surface area contributed by atoms with Crippen molar-refractivity contribution in [1.29, 1.82) is 0 Å². The Morgan fingerprint density at radius 2 is 1.75 bits per heavy atom. The van der Waals surface area contributed by atoms with E-state index in [1.165, 1.54) is 0 Å². The lowest BCUT2D eigenvalue weighted by Gasteiger charge is -2.26. The zero-order valence-corrected chi connectivity index (χ0v) is 23.9. The van der Waals surface area contributed by atoms with E-state index >= 15 is 0 Å². The van der Waals surface area contributed by atoms with Crippen molar-refractivity contribution in [3.05, 3.63) is 71.8 Å². The number of carbonyl (C=O) groups excluding carboxylic acids is 3. The summed E-state index contributed by atoms with van der Waals surface area (Å²) in [5.41, 5.74) is 1.67. The number of nitrogens with one attached hydrogen (secondary N) is 1. The number of hydroxylamine groups is 2. The molecule has 0 saturated carbocycles. The van der Waals surface area contributed by atoms with Crippen molar-refractivity contribution >= 4 is 18.0 Å². The van der Waals surface area contributed by atoms with Gasteiger partial charge in [0.15, 0.2) is 0 Å². The fourth-order valence-corrected chi connectivity index (χ4v) is 5.04. The number of likely N-dealkylation sites (tertiary alicyclic amines) is 1. The molecular formula is C31H41N3O6. The lowest BCUT2D eigenvalue weighted by Crippen LogP contribution is -2.46. The highest BCUT2D eigenvalue weighted by molar-refractivity contribution is 5.91. The Morgan fingerprint density at radius 3 is 2.42 bits per heavy atom. The van der Waals surface area contributed by atoms with Gasteiger partial charge in [0.05, 0.1) is 25.2 Å². The summed E-state index contributed by atoms with van der Waals surface area (Å²) >= 11 is 0. The van der Waals surface area contributed by atoms with Crippen molar-refractivity contribution < 1.29 is 28.7 Å². The van der Waals surface area contributed by atoms with Gasteiger partial charge in [-0.3, -0.25) is 9.63 Å². The molecule has 0 aromatic heterocycles. The third-order valence-corrected chi connectivity index (χ3v) is 7.62. The first-order chi connectivity index (χ1) is 19.2. The number of ketones is 1. The average Bonchev–Trinajstić information content (AvgIpc) is 3.69. The Labute approximate surface area is 236 Å². The Hall–Kier alpha value is -3.43. The van der Waals surface area contributed by atoms with Crippen LogP contribution in [0.15, 0.2) is 60.7 Å². The fraction of sp³-hybridized carbons (Fsp3) is 0.516. The van der Waals surface area contributed by atoms with Crippen LogP contribution >= 0.6 is 0 Å². The molecule has 0 spiro atoms. The highest BCUT2D eigenvalue weighted by Crippen LogP contribution is 2.35. The van der Waals surface area contributed by atoms with E-state index in [-0.39, 0.29) is 25.0 Å². The fourth-order valence-electron chi connectivity index (χ4n) is 5.04. The first-order valence-electron chi connectivity index (χ1n) is 14.2. The van der Waals surface area contributed by atoms with E-state index in [1.807, 2.05) is 88.4 Å². The SMILES string of the molecule is CCCCC(NC(=O)O[C@@H]1CN(C(=O)OCCc2ccccc2)CC1(C)C)C(=O)C1ON1[C@H](C)c1ccccc1. The first kappa shape index (κ1) is 29.6. The van der Waals surface area contributed by atoms with Gasteiger partial charge in [0.25, 0.3) is 0 Å². The molecule has 216 valence electrons. The standard InChI is InChI=1S/C31H41N3O6/c1-5-6-17-25(27(35)28-34(40-28)22(2)24-15-11-8-12-16-24)32-29(36)39-26-20-33(21-31(26,3)4)30(37)38-19-18-23-13-9-7-10-14-23/h7-16,22,25-26,28H,5-6,17-21H2,1-4H3,(H,32,36)/t22-,25?,26-,28?,34?/m1/s1. The first-order valence-corrected chi connectivity index (χ1v) is 14.2. The molecule has 2 fully saturated rings. The van der Waals surface area contributed by atoms with E-state index in [4.69, 9.17) is 14.3 Å². The third-order valence-electron chi connectivity index (χ3n) is 7.62. The van der Waals surface area contributed by atoms with Crippen molar-refractivity contribution in [3.63, 3.8) is 0 Å². The van der Waals surface area contributed by atoms with Crippen LogP contribution in [0.1, 0.15) is 64.1 Å². The Balaban J connectivity index is 1.28. The van der Waals surface area contributed by atoms with Crippen LogP contribution in [-0.4, -0.2) is 66.0 Å². The van der Waals surface area contributed by atoms with Gasteiger partial charge >= 0.3 is 12.2 Å². The van der Waals surface area contributed by atoms with Crippen molar-refractivity contribution in [1.82, 2.24) is 15.3 Å². The normalized spacial score (nSPS) is 22.7. The summed E-state index contributed by atoms with van der Waals surface area (Å²) in [5, 5.41) is 4.44. The molecule has 2 aromatic rings. The van der Waals surface area contributed by atoms with E-state index in [2.05, 4.69) is 5.32 Å². The van der Waals surface area contributed by atoms with Crippen LogP contribution in [-0.2, 0) is 25.5 Å². The molecular weight excluding hydrogens is 510 g/mol. The summed E-state index contributed by atoms with van der Waals surface area (Å²) in [6.07, 6.45) is 0.434. The number of alkyl carbamates (subject to hydrolysis) is 1. The number of nitrogens with zero attached hydrogens (tertiary/aromatic N) is 2. The summed E-state index contributed by atoms with van der Waals surface area (Å²) < 4.78 is 11.3. The van der Waals surface area contributed by atoms with Gasteiger partial charge in [0.2, 0.25) is 12.0 Å². The molecule has 2 heterocycles. The van der Waals surface area contributed by atoms with E-state index in [9.17, 15) is 14.4 Å². The summed E-state index contributed by atoms with van der Waals surface area (Å²) in [6.45, 7) is 8.81. The molecule has 2 saturated heterocycles. The molecule has 2 aliphatic rings. The van der Waals surface area contributed by atoms with Gasteiger partial charge in [0, 0.05) is 18.4 Å². The maximum atomic E-state index is 13.3. The third kappa shape index (κ3) is 7.61. The molecule has 5 atom stereocenters. The van der Waals surface area contributed by atoms with Gasteiger partial charge in [-0.2, -0.15) is 0 Å². The molecule has 3 unspecified atom stereocenters. The van der Waals surface area contributed by atoms with Crippen LogP contribution in [0.3, 0.4) is 0 Å². The van der Waals surface area contributed by atoms with Crippen molar-refractivity contribution in [2.24, 2.45) is 5.41 Å². The van der Waals surface area contributed by atoms with Crippen molar-refractivity contribution in [3.8, 4) is 0 Å². The van der Waals surface area contributed by atoms with Gasteiger partial charge in [0.1, 0.15) is 6.10 Å². The number of hydrogen-bond acceptors (Lipinski definition) is 7. The lowest BCUT2D eigenvalue weighted by atomic mass is 9.90. The van der Waals surface area contributed by atoms with E-state index < -0.39 is 36.0 Å². The van der Waals surface area contributed by atoms with E-state index in [0.717, 1.165) is 24.0 Å². The predicted molar refractivity (Wildman–Crippen MR) is 150 cm³/mol. The number of ether oxygens (including phenoxy) is 2. The Kier molecular flexibility index (Phi) is 9.81. The van der Waals surface area contributed by atoms with Crippen LogP contribution in [0.2, 0.25) is 0 Å². The Bertz CT molecular complexity index is 1140. The number of hydrogen-bond donors (Lipinski definition) is 1. The number of amides is 2. The second kappa shape index (κ2) is 13.3. The van der Waals surface area contributed by atoms with Crippen LogP contribution in [0.4, 0.5) is 9.59 Å². The molecule has 9 heteroatoms. The highest BCUT2D eigenvalue weighted by atomic mass is 16.8. The number of carbonyl (C=O) groups is 3. The van der Waals surface area contributed by atoms with E-state index in [1.54, 1.807) is 9.96 Å². The minimum absolute atomic E-state index is 0.0911. The summed E-state index contributed by atoms with van der Waals surface area (Å²) in [5.74, 6) is -0.192. The van der Waals surface area contributed by atoms with Gasteiger partial charge < -0.3 is 19.7 Å². The van der Waals surface area contributed by atoms with Crippen molar-refractivity contribution in [2.45, 2.75) is 77.8 Å². The highest BCUT2D eigenvalue weighted by Gasteiger charge is 2.49. The average molecular weight is 552 g/mol. The van der Waals surface area contributed by atoms with Crippen LogP contribution < -0.4 is 5.32 Å². The number of benzene rings is 2. The molecule has 40 heavy (non-hydrogen) atoms. The molecule has 9 nitrogen and oxygen atoms in total. The van der Waals surface area contributed by atoms with Crippen LogP contribution in [0, 0.1) is 5.41 Å². The molecule has 0 bridgehead atoms. The van der Waals surface area contributed by atoms with Gasteiger partial charge in [-0.15, -0.1) is 5.06 Å². The second-order valence-corrected chi connectivity index (χ2v) is 11.3. The second-order valence-electron chi connectivity index (χ2n) is 11.3. The number of unbranched alkanes of at least 4 members (excludes halogenated alkanes) is 1. The topological polar surface area (TPSA) is 100 Å². The summed E-state index contributed by atoms with van der Waals surface area (Å²) in [7, 11) is 0. The Morgan fingerprint density at radius 1 is 1.07 bits per heavy atom. The molecule has 2 amide bonds. The molecule has 2 aliphatic heterocycles. The maximum Gasteiger partial charge on any atom is 0.409 e. The molecule has 4 rings (SSSR count).